The van der Waals surface area contributed by atoms with Crippen LogP contribution in [0, 0.1) is 10.1 Å². The second-order valence-corrected chi connectivity index (χ2v) is 6.30. The Morgan fingerprint density at radius 3 is 2.86 bits per heavy atom. The van der Waals surface area contributed by atoms with Crippen molar-refractivity contribution in [1.29, 1.82) is 0 Å². The zero-order valence-electron chi connectivity index (χ0n) is 12.1. The van der Waals surface area contributed by atoms with E-state index in [2.05, 4.69) is 10.2 Å². The van der Waals surface area contributed by atoms with Crippen LogP contribution in [0.4, 0.5) is 5.69 Å². The van der Waals surface area contributed by atoms with Crippen LogP contribution in [0.1, 0.15) is 36.0 Å². The largest absolute Gasteiger partial charge is 0.348 e. The van der Waals surface area contributed by atoms with E-state index in [0.29, 0.717) is 11.6 Å². The van der Waals surface area contributed by atoms with Gasteiger partial charge < -0.3 is 5.32 Å². The van der Waals surface area contributed by atoms with E-state index in [1.807, 2.05) is 0 Å². The second kappa shape index (κ2) is 6.22. The van der Waals surface area contributed by atoms with E-state index in [1.165, 1.54) is 31.0 Å². The summed E-state index contributed by atoms with van der Waals surface area (Å²) in [5, 5.41) is 13.9. The van der Waals surface area contributed by atoms with Gasteiger partial charge in [-0.05, 0) is 31.9 Å². The SMILES string of the molecule is O=C(N[C@@H]1CCN2CCCC[C@@H]12)c1ccc([N+](=O)[O-])cc1Cl. The molecule has 1 amide bonds. The number of nitro benzene ring substituents is 1. The number of amides is 1. The van der Waals surface area contributed by atoms with Crippen molar-refractivity contribution in [2.75, 3.05) is 13.1 Å². The van der Waals surface area contributed by atoms with E-state index in [9.17, 15) is 14.9 Å². The van der Waals surface area contributed by atoms with Crippen LogP contribution in [0.15, 0.2) is 18.2 Å². The van der Waals surface area contributed by atoms with E-state index in [4.69, 9.17) is 11.6 Å². The fourth-order valence-corrected chi connectivity index (χ4v) is 3.72. The van der Waals surface area contributed by atoms with Gasteiger partial charge in [-0.2, -0.15) is 0 Å². The van der Waals surface area contributed by atoms with Gasteiger partial charge in [-0.3, -0.25) is 19.8 Å². The van der Waals surface area contributed by atoms with Gasteiger partial charge in [-0.15, -0.1) is 0 Å². The molecule has 118 valence electrons. The van der Waals surface area contributed by atoms with Crippen molar-refractivity contribution in [2.45, 2.75) is 37.8 Å². The summed E-state index contributed by atoms with van der Waals surface area (Å²) in [5.41, 5.74) is 0.183. The van der Waals surface area contributed by atoms with Gasteiger partial charge in [0.1, 0.15) is 0 Å². The topological polar surface area (TPSA) is 75.5 Å². The molecule has 22 heavy (non-hydrogen) atoms. The summed E-state index contributed by atoms with van der Waals surface area (Å²) in [6, 6.07) is 4.50. The molecular formula is C15H18ClN3O3. The van der Waals surface area contributed by atoms with Crippen molar-refractivity contribution in [3.63, 3.8) is 0 Å². The van der Waals surface area contributed by atoms with E-state index in [0.717, 1.165) is 25.9 Å². The van der Waals surface area contributed by atoms with Crippen molar-refractivity contribution in [3.05, 3.63) is 38.9 Å². The summed E-state index contributed by atoms with van der Waals surface area (Å²) in [6.45, 7) is 2.12. The van der Waals surface area contributed by atoms with Crippen LogP contribution in [-0.4, -0.2) is 40.9 Å². The van der Waals surface area contributed by atoms with Gasteiger partial charge in [0.2, 0.25) is 0 Å². The van der Waals surface area contributed by atoms with E-state index >= 15 is 0 Å². The van der Waals surface area contributed by atoms with Crippen molar-refractivity contribution >= 4 is 23.2 Å². The third-order valence-electron chi connectivity index (χ3n) is 4.58. The Balaban J connectivity index is 1.71. The number of piperidine rings is 1. The lowest BCUT2D eigenvalue weighted by atomic mass is 9.99. The van der Waals surface area contributed by atoms with Gasteiger partial charge in [0.15, 0.2) is 0 Å². The molecule has 2 saturated heterocycles. The van der Waals surface area contributed by atoms with E-state index < -0.39 is 4.92 Å². The summed E-state index contributed by atoms with van der Waals surface area (Å²) in [4.78, 5) is 25.0. The van der Waals surface area contributed by atoms with Crippen LogP contribution in [0.2, 0.25) is 5.02 Å². The zero-order chi connectivity index (χ0) is 15.7. The highest BCUT2D eigenvalue weighted by Gasteiger charge is 2.36. The molecule has 6 nitrogen and oxygen atoms in total. The highest BCUT2D eigenvalue weighted by atomic mass is 35.5. The monoisotopic (exact) mass is 323 g/mol. The molecule has 2 aliphatic heterocycles. The minimum Gasteiger partial charge on any atom is -0.348 e. The zero-order valence-corrected chi connectivity index (χ0v) is 12.9. The molecule has 0 saturated carbocycles. The minimum absolute atomic E-state index is 0.110. The highest BCUT2D eigenvalue weighted by molar-refractivity contribution is 6.34. The van der Waals surface area contributed by atoms with Crippen LogP contribution in [-0.2, 0) is 0 Å². The molecule has 7 heteroatoms. The first-order valence-corrected chi connectivity index (χ1v) is 7.93. The average Bonchev–Trinajstić information content (AvgIpc) is 2.90. The Morgan fingerprint density at radius 2 is 2.14 bits per heavy atom. The second-order valence-electron chi connectivity index (χ2n) is 5.89. The van der Waals surface area contributed by atoms with Gasteiger partial charge in [0.25, 0.3) is 11.6 Å². The summed E-state index contributed by atoms with van der Waals surface area (Å²) < 4.78 is 0. The first kappa shape index (κ1) is 15.2. The third kappa shape index (κ3) is 2.94. The Hall–Kier alpha value is -1.66. The summed E-state index contributed by atoms with van der Waals surface area (Å²) >= 11 is 6.02. The molecule has 1 aromatic rings. The Bertz CT molecular complexity index is 608. The predicted octanol–water partition coefficient (Wildman–Crippen LogP) is 2.60. The number of hydrogen-bond acceptors (Lipinski definition) is 4. The number of hydrogen-bond donors (Lipinski definition) is 1. The van der Waals surface area contributed by atoms with E-state index in [1.54, 1.807) is 0 Å². The number of carbonyl (C=O) groups excluding carboxylic acids is 1. The smallest absolute Gasteiger partial charge is 0.270 e. The molecule has 0 radical (unpaired) electrons. The molecule has 1 aromatic carbocycles. The molecule has 0 spiro atoms. The Kier molecular flexibility index (Phi) is 4.31. The Morgan fingerprint density at radius 1 is 1.32 bits per heavy atom. The molecule has 0 bridgehead atoms. The number of non-ortho nitro benzene ring substituents is 1. The number of rotatable bonds is 3. The molecule has 2 fully saturated rings. The first-order valence-electron chi connectivity index (χ1n) is 7.55. The quantitative estimate of drug-likeness (QED) is 0.685. The minimum atomic E-state index is -0.523. The van der Waals surface area contributed by atoms with Crippen LogP contribution < -0.4 is 5.32 Å². The number of benzene rings is 1. The molecule has 2 aliphatic rings. The van der Waals surface area contributed by atoms with Gasteiger partial charge >= 0.3 is 0 Å². The molecule has 0 aromatic heterocycles. The number of fused-ring (bicyclic) bond motifs is 1. The normalized spacial score (nSPS) is 24.8. The standard InChI is InChI=1S/C15H18ClN3O3/c16-12-9-10(19(21)22)4-5-11(12)15(20)17-13-6-8-18-7-2-1-3-14(13)18/h4-5,9,13-14H,1-3,6-8H2,(H,17,20)/t13-,14+/m1/s1. The fraction of sp³-hybridized carbons (Fsp3) is 0.533. The number of carbonyl (C=O) groups is 1. The summed E-state index contributed by atoms with van der Waals surface area (Å²) in [5.74, 6) is -0.252. The summed E-state index contributed by atoms with van der Waals surface area (Å²) in [6.07, 6.45) is 4.48. The number of halogens is 1. The Labute approximate surface area is 133 Å². The van der Waals surface area contributed by atoms with Gasteiger partial charge in [-0.25, -0.2) is 0 Å². The lowest BCUT2D eigenvalue weighted by molar-refractivity contribution is -0.384. The fourth-order valence-electron chi connectivity index (χ4n) is 3.46. The number of nitro groups is 1. The van der Waals surface area contributed by atoms with Gasteiger partial charge in [0.05, 0.1) is 15.5 Å². The summed E-state index contributed by atoms with van der Waals surface area (Å²) in [7, 11) is 0. The number of nitrogens with zero attached hydrogens (tertiary/aromatic N) is 2. The molecule has 1 N–H and O–H groups in total. The van der Waals surface area contributed by atoms with Crippen LogP contribution in [0.5, 0.6) is 0 Å². The highest BCUT2D eigenvalue weighted by Crippen LogP contribution is 2.28. The lowest BCUT2D eigenvalue weighted by Crippen LogP contribution is -2.46. The third-order valence-corrected chi connectivity index (χ3v) is 4.89. The molecule has 2 heterocycles. The number of nitrogens with one attached hydrogen (secondary N) is 1. The maximum atomic E-state index is 12.4. The van der Waals surface area contributed by atoms with Crippen LogP contribution in [0.25, 0.3) is 0 Å². The van der Waals surface area contributed by atoms with Crippen LogP contribution in [0.3, 0.4) is 0 Å². The van der Waals surface area contributed by atoms with Crippen molar-refractivity contribution in [3.8, 4) is 0 Å². The first-order chi connectivity index (χ1) is 10.6. The van der Waals surface area contributed by atoms with Gasteiger partial charge in [-0.1, -0.05) is 18.0 Å². The molecule has 0 aliphatic carbocycles. The van der Waals surface area contributed by atoms with E-state index in [-0.39, 0.29) is 22.7 Å². The maximum absolute atomic E-state index is 12.4. The van der Waals surface area contributed by atoms with Crippen LogP contribution >= 0.6 is 11.6 Å². The molecule has 2 atom stereocenters. The van der Waals surface area contributed by atoms with Crippen molar-refractivity contribution in [1.82, 2.24) is 10.2 Å². The van der Waals surface area contributed by atoms with Crippen molar-refractivity contribution < 1.29 is 9.72 Å². The lowest BCUT2D eigenvalue weighted by Gasteiger charge is -2.32. The average molecular weight is 324 g/mol. The van der Waals surface area contributed by atoms with Gasteiger partial charge in [0, 0.05) is 30.8 Å². The predicted molar refractivity (Wildman–Crippen MR) is 83.2 cm³/mol. The molecule has 3 rings (SSSR count). The maximum Gasteiger partial charge on any atom is 0.270 e. The molecule has 0 unspecified atom stereocenters. The van der Waals surface area contributed by atoms with Crippen molar-refractivity contribution in [2.24, 2.45) is 0 Å². The molecular weight excluding hydrogens is 306 g/mol.